The molecule has 3 aromatic heterocycles. The summed E-state index contributed by atoms with van der Waals surface area (Å²) in [5.74, 6) is 0.688. The van der Waals surface area contributed by atoms with Crippen molar-refractivity contribution in [3.05, 3.63) is 111 Å². The fraction of sp³-hybridized carbons (Fsp3) is 0.281. The van der Waals surface area contributed by atoms with Gasteiger partial charge in [0.1, 0.15) is 6.04 Å². The van der Waals surface area contributed by atoms with Crippen LogP contribution in [0.25, 0.3) is 21.1 Å². The molecule has 1 atom stereocenters. The molecule has 1 aliphatic rings. The topological polar surface area (TPSA) is 95.8 Å². The average Bonchev–Trinajstić information content (AvgIpc) is 3.67. The zero-order valence-electron chi connectivity index (χ0n) is 23.7. The number of hydrogen-bond donors (Lipinski definition) is 1. The summed E-state index contributed by atoms with van der Waals surface area (Å²) in [4.78, 5) is 26.5. The number of tetrazole rings is 1. The Labute approximate surface area is 247 Å². The molecular formula is C32H32N8OS. The van der Waals surface area contributed by atoms with Crippen molar-refractivity contribution >= 4 is 37.6 Å². The van der Waals surface area contributed by atoms with E-state index in [0.717, 1.165) is 65.3 Å². The van der Waals surface area contributed by atoms with Crippen LogP contribution in [0.15, 0.2) is 77.6 Å². The van der Waals surface area contributed by atoms with E-state index in [-0.39, 0.29) is 11.6 Å². The smallest absolute Gasteiger partial charge is 0.253 e. The molecule has 6 aromatic rings. The molecule has 1 fully saturated rings. The third-order valence-corrected chi connectivity index (χ3v) is 9.46. The van der Waals surface area contributed by atoms with E-state index >= 15 is 0 Å². The van der Waals surface area contributed by atoms with Gasteiger partial charge in [0.05, 0.1) is 15.7 Å². The number of nitrogens with zero attached hydrogens (tertiary/aromatic N) is 7. The summed E-state index contributed by atoms with van der Waals surface area (Å²) in [6.07, 6.45) is 0.795. The predicted molar refractivity (Wildman–Crippen MR) is 167 cm³/mol. The van der Waals surface area contributed by atoms with E-state index < -0.39 is 0 Å². The maximum Gasteiger partial charge on any atom is 0.253 e. The SMILES string of the molecule is Cc1ccc2cc([C@@H](c3nnnn3CCc3ccccc3)N3CCN(c4nc5ccccc5s4)CC3)c(=O)[nH]c2c1C. The highest BCUT2D eigenvalue weighted by Crippen LogP contribution is 2.32. The normalized spacial score (nSPS) is 15.0. The Balaban J connectivity index is 1.23. The van der Waals surface area contributed by atoms with Crippen LogP contribution in [-0.2, 0) is 13.0 Å². The summed E-state index contributed by atoms with van der Waals surface area (Å²) in [5.41, 5.74) is 5.93. The van der Waals surface area contributed by atoms with Crippen molar-refractivity contribution in [3.63, 3.8) is 0 Å². The molecule has 1 N–H and O–H groups in total. The van der Waals surface area contributed by atoms with Crippen molar-refractivity contribution in [2.24, 2.45) is 0 Å². The summed E-state index contributed by atoms with van der Waals surface area (Å²) in [6.45, 7) is 7.83. The van der Waals surface area contributed by atoms with Crippen LogP contribution in [0.1, 0.15) is 34.1 Å². The molecule has 1 aliphatic heterocycles. The zero-order valence-corrected chi connectivity index (χ0v) is 24.5. The van der Waals surface area contributed by atoms with Gasteiger partial charge in [-0.15, -0.1) is 5.10 Å². The summed E-state index contributed by atoms with van der Waals surface area (Å²) >= 11 is 1.73. The minimum Gasteiger partial charge on any atom is -0.345 e. The summed E-state index contributed by atoms with van der Waals surface area (Å²) < 4.78 is 3.06. The van der Waals surface area contributed by atoms with E-state index in [2.05, 4.69) is 86.6 Å². The Morgan fingerprint density at radius 2 is 1.74 bits per heavy atom. The molecule has 0 amide bonds. The van der Waals surface area contributed by atoms with Crippen LogP contribution in [0.2, 0.25) is 0 Å². The van der Waals surface area contributed by atoms with E-state index in [4.69, 9.17) is 4.98 Å². The molecular weight excluding hydrogens is 544 g/mol. The number of thiazole rings is 1. The van der Waals surface area contributed by atoms with E-state index in [1.54, 1.807) is 11.3 Å². The van der Waals surface area contributed by atoms with Gasteiger partial charge in [0, 0.05) is 38.3 Å². The van der Waals surface area contributed by atoms with Crippen LogP contribution in [0.5, 0.6) is 0 Å². The highest BCUT2D eigenvalue weighted by atomic mass is 32.1. The maximum absolute atomic E-state index is 13.8. The molecule has 10 heteroatoms. The molecule has 4 heterocycles. The minimum atomic E-state index is -0.386. The lowest BCUT2D eigenvalue weighted by Crippen LogP contribution is -2.49. The van der Waals surface area contributed by atoms with Crippen LogP contribution in [0.3, 0.4) is 0 Å². The fourth-order valence-corrected chi connectivity index (χ4v) is 6.87. The van der Waals surface area contributed by atoms with Gasteiger partial charge in [0.15, 0.2) is 11.0 Å². The molecule has 1 saturated heterocycles. The molecule has 0 aliphatic carbocycles. The number of hydrogen-bond acceptors (Lipinski definition) is 8. The Morgan fingerprint density at radius 3 is 2.55 bits per heavy atom. The fourth-order valence-electron chi connectivity index (χ4n) is 5.86. The number of aromatic nitrogens is 6. The van der Waals surface area contributed by atoms with Gasteiger partial charge in [-0.1, -0.05) is 65.9 Å². The number of para-hydroxylation sites is 1. The Bertz CT molecular complexity index is 1890. The van der Waals surface area contributed by atoms with E-state index in [1.165, 1.54) is 10.3 Å². The number of anilines is 1. The van der Waals surface area contributed by atoms with E-state index in [0.29, 0.717) is 17.9 Å². The Kier molecular flexibility index (Phi) is 7.01. The number of H-pyrrole nitrogens is 1. The zero-order chi connectivity index (χ0) is 28.6. The molecule has 0 spiro atoms. The van der Waals surface area contributed by atoms with Crippen molar-refractivity contribution in [1.29, 1.82) is 0 Å². The highest BCUT2D eigenvalue weighted by Gasteiger charge is 2.33. The van der Waals surface area contributed by atoms with Crippen molar-refractivity contribution in [3.8, 4) is 0 Å². The Morgan fingerprint density at radius 1 is 0.952 bits per heavy atom. The number of piperazine rings is 1. The third kappa shape index (κ3) is 4.97. The predicted octanol–water partition coefficient (Wildman–Crippen LogP) is 4.90. The van der Waals surface area contributed by atoms with Crippen molar-refractivity contribution in [2.75, 3.05) is 31.1 Å². The second kappa shape index (κ2) is 11.1. The van der Waals surface area contributed by atoms with Crippen LogP contribution in [0.4, 0.5) is 5.13 Å². The third-order valence-electron chi connectivity index (χ3n) is 8.37. The van der Waals surface area contributed by atoms with Crippen molar-refractivity contribution in [2.45, 2.75) is 32.9 Å². The largest absolute Gasteiger partial charge is 0.345 e. The maximum atomic E-state index is 13.8. The number of aromatic amines is 1. The molecule has 9 nitrogen and oxygen atoms in total. The van der Waals surface area contributed by atoms with Gasteiger partial charge in [-0.25, -0.2) is 9.67 Å². The second-order valence-electron chi connectivity index (χ2n) is 10.9. The summed E-state index contributed by atoms with van der Waals surface area (Å²) in [6, 6.07) is 24.4. The lowest BCUT2D eigenvalue weighted by atomic mass is 9.99. The molecule has 0 saturated carbocycles. The van der Waals surface area contributed by atoms with Crippen molar-refractivity contribution in [1.82, 2.24) is 35.1 Å². The van der Waals surface area contributed by atoms with Gasteiger partial charge in [-0.3, -0.25) is 9.69 Å². The highest BCUT2D eigenvalue weighted by molar-refractivity contribution is 7.22. The van der Waals surface area contributed by atoms with E-state index in [1.807, 2.05) is 35.0 Å². The van der Waals surface area contributed by atoms with Gasteiger partial charge < -0.3 is 9.88 Å². The molecule has 0 unspecified atom stereocenters. The summed E-state index contributed by atoms with van der Waals surface area (Å²) in [5, 5.41) is 15.0. The van der Waals surface area contributed by atoms with Gasteiger partial charge in [-0.05, 0) is 71.0 Å². The van der Waals surface area contributed by atoms with Gasteiger partial charge >= 0.3 is 0 Å². The Hall–Kier alpha value is -4.41. The van der Waals surface area contributed by atoms with Crippen LogP contribution >= 0.6 is 11.3 Å². The first kappa shape index (κ1) is 26.5. The number of pyridine rings is 1. The first-order valence-corrected chi connectivity index (χ1v) is 15.1. The molecule has 212 valence electrons. The van der Waals surface area contributed by atoms with Gasteiger partial charge in [0.2, 0.25) is 0 Å². The van der Waals surface area contributed by atoms with Gasteiger partial charge in [0.25, 0.3) is 5.56 Å². The molecule has 42 heavy (non-hydrogen) atoms. The standard InChI is InChI=1S/C32H32N8OS/c1-21-12-13-24-20-25(31(41)34-28(24)22(21)2)29(30-35-36-37-40(30)15-14-23-8-4-3-5-9-23)38-16-18-39(19-17-38)32-33-26-10-6-7-11-27(26)42-32/h3-13,20,29H,14-19H2,1-2H3,(H,34,41)/t29-/m0/s1. The molecule has 3 aromatic carbocycles. The van der Waals surface area contributed by atoms with Crippen LogP contribution < -0.4 is 10.5 Å². The lowest BCUT2D eigenvalue weighted by molar-refractivity contribution is 0.199. The summed E-state index contributed by atoms with van der Waals surface area (Å²) in [7, 11) is 0. The van der Waals surface area contributed by atoms with Crippen LogP contribution in [0, 0.1) is 13.8 Å². The number of fused-ring (bicyclic) bond motifs is 2. The minimum absolute atomic E-state index is 0.104. The van der Waals surface area contributed by atoms with Crippen LogP contribution in [-0.4, -0.2) is 61.3 Å². The first-order valence-electron chi connectivity index (χ1n) is 14.3. The monoisotopic (exact) mass is 576 g/mol. The molecule has 0 bridgehead atoms. The van der Waals surface area contributed by atoms with Crippen molar-refractivity contribution < 1.29 is 0 Å². The van der Waals surface area contributed by atoms with E-state index in [9.17, 15) is 4.79 Å². The van der Waals surface area contributed by atoms with Gasteiger partial charge in [-0.2, -0.15) is 0 Å². The number of aryl methyl sites for hydroxylation is 4. The molecule has 0 radical (unpaired) electrons. The number of benzene rings is 3. The average molecular weight is 577 g/mol. The second-order valence-corrected chi connectivity index (χ2v) is 11.9. The molecule has 7 rings (SSSR count). The lowest BCUT2D eigenvalue weighted by Gasteiger charge is -2.38. The number of nitrogens with one attached hydrogen (secondary N) is 1. The number of rotatable bonds is 7. The first-order chi connectivity index (χ1) is 20.5. The quantitative estimate of drug-likeness (QED) is 0.289.